The Hall–Kier alpha value is -1.77. The first-order valence-corrected chi connectivity index (χ1v) is 7.36. The summed E-state index contributed by atoms with van der Waals surface area (Å²) in [7, 11) is 0. The summed E-state index contributed by atoms with van der Waals surface area (Å²) >= 11 is 0. The zero-order valence-electron chi connectivity index (χ0n) is 13.3. The lowest BCUT2D eigenvalue weighted by molar-refractivity contribution is -0.148. The van der Waals surface area contributed by atoms with E-state index in [1.165, 1.54) is 5.57 Å². The molecule has 2 rings (SSSR count). The molecule has 0 spiro atoms. The molecule has 1 heterocycles. The van der Waals surface area contributed by atoms with E-state index in [0.717, 1.165) is 5.76 Å². The molecule has 0 aliphatic heterocycles. The number of hydrogen-bond acceptors (Lipinski definition) is 3. The van der Waals surface area contributed by atoms with Crippen LogP contribution < -0.4 is 0 Å². The van der Waals surface area contributed by atoms with E-state index in [1.54, 1.807) is 6.08 Å². The third-order valence-corrected chi connectivity index (χ3v) is 4.10. The second-order valence-corrected chi connectivity index (χ2v) is 6.54. The standard InChI is InChI=1S/C18H24O3/c1-6-7-13-8-9-14(21-13)11-20-17(19)16-15(10-12(2)3)18(16,4)5/h6,8-10,15-16H,1,7,11H2,2-5H3. The second-order valence-electron chi connectivity index (χ2n) is 6.54. The maximum Gasteiger partial charge on any atom is 0.310 e. The first-order valence-electron chi connectivity index (χ1n) is 7.36. The highest BCUT2D eigenvalue weighted by molar-refractivity contribution is 5.78. The van der Waals surface area contributed by atoms with E-state index in [0.29, 0.717) is 12.2 Å². The molecule has 0 amide bonds. The summed E-state index contributed by atoms with van der Waals surface area (Å²) in [5.41, 5.74) is 1.23. The number of rotatable bonds is 6. The van der Waals surface area contributed by atoms with Crippen molar-refractivity contribution in [3.8, 4) is 0 Å². The fourth-order valence-corrected chi connectivity index (χ4v) is 2.78. The molecule has 2 atom stereocenters. The van der Waals surface area contributed by atoms with Gasteiger partial charge in [0.1, 0.15) is 18.1 Å². The SMILES string of the molecule is C=CCc1ccc(COC(=O)C2C(C=C(C)C)C2(C)C)o1. The van der Waals surface area contributed by atoms with Crippen molar-refractivity contribution >= 4 is 5.97 Å². The van der Waals surface area contributed by atoms with E-state index in [1.807, 2.05) is 12.1 Å². The van der Waals surface area contributed by atoms with Crippen LogP contribution in [0.2, 0.25) is 0 Å². The number of ether oxygens (including phenoxy) is 1. The second kappa shape index (κ2) is 5.92. The molecule has 3 heteroatoms. The normalized spacial score (nSPS) is 22.5. The van der Waals surface area contributed by atoms with Crippen molar-refractivity contribution < 1.29 is 13.9 Å². The predicted octanol–water partition coefficient (Wildman–Crippen LogP) is 4.29. The summed E-state index contributed by atoms with van der Waals surface area (Å²) in [6.45, 7) is 12.2. The van der Waals surface area contributed by atoms with Crippen molar-refractivity contribution in [1.29, 1.82) is 0 Å². The van der Waals surface area contributed by atoms with Crippen LogP contribution in [0.1, 0.15) is 39.2 Å². The lowest BCUT2D eigenvalue weighted by atomic mass is 10.1. The minimum absolute atomic E-state index is 0.00841. The van der Waals surface area contributed by atoms with Crippen LogP contribution in [0.15, 0.2) is 40.9 Å². The number of esters is 1. The summed E-state index contributed by atoms with van der Waals surface area (Å²) in [4.78, 5) is 12.2. The lowest BCUT2D eigenvalue weighted by Gasteiger charge is -2.03. The number of allylic oxidation sites excluding steroid dienone is 3. The summed E-state index contributed by atoms with van der Waals surface area (Å²) in [6.07, 6.45) is 4.64. The van der Waals surface area contributed by atoms with Crippen LogP contribution in [-0.4, -0.2) is 5.97 Å². The Bertz CT molecular complexity index is 559. The van der Waals surface area contributed by atoms with Crippen LogP contribution in [-0.2, 0) is 22.6 Å². The van der Waals surface area contributed by atoms with Crippen molar-refractivity contribution in [2.75, 3.05) is 0 Å². The molecule has 1 fully saturated rings. The molecule has 0 saturated heterocycles. The monoisotopic (exact) mass is 288 g/mol. The molecular weight excluding hydrogens is 264 g/mol. The summed E-state index contributed by atoms with van der Waals surface area (Å²) in [6, 6.07) is 3.73. The van der Waals surface area contributed by atoms with Gasteiger partial charge in [-0.3, -0.25) is 4.79 Å². The van der Waals surface area contributed by atoms with E-state index in [2.05, 4.69) is 40.3 Å². The van der Waals surface area contributed by atoms with Crippen LogP contribution >= 0.6 is 0 Å². The van der Waals surface area contributed by atoms with Crippen LogP contribution in [0, 0.1) is 17.3 Å². The number of carbonyl (C=O) groups is 1. The summed E-state index contributed by atoms with van der Waals surface area (Å²) in [5.74, 6) is 1.62. The third kappa shape index (κ3) is 3.46. The molecule has 0 N–H and O–H groups in total. The molecule has 1 saturated carbocycles. The van der Waals surface area contributed by atoms with Gasteiger partial charge >= 0.3 is 5.97 Å². The van der Waals surface area contributed by atoms with Gasteiger partial charge in [-0.15, -0.1) is 6.58 Å². The smallest absolute Gasteiger partial charge is 0.310 e. The highest BCUT2D eigenvalue weighted by Gasteiger charge is 2.61. The van der Waals surface area contributed by atoms with Crippen LogP contribution in [0.3, 0.4) is 0 Å². The summed E-state index contributed by atoms with van der Waals surface area (Å²) < 4.78 is 11.0. The molecule has 1 aliphatic carbocycles. The fraction of sp³-hybridized carbons (Fsp3) is 0.500. The van der Waals surface area contributed by atoms with Gasteiger partial charge in [-0.2, -0.15) is 0 Å². The topological polar surface area (TPSA) is 39.4 Å². The first kappa shape index (κ1) is 15.6. The summed E-state index contributed by atoms with van der Waals surface area (Å²) in [5, 5.41) is 0. The molecule has 0 radical (unpaired) electrons. The van der Waals surface area contributed by atoms with E-state index < -0.39 is 0 Å². The van der Waals surface area contributed by atoms with E-state index in [-0.39, 0.29) is 29.8 Å². The maximum absolute atomic E-state index is 12.2. The first-order chi connectivity index (χ1) is 9.86. The van der Waals surface area contributed by atoms with E-state index in [9.17, 15) is 4.79 Å². The number of hydrogen-bond donors (Lipinski definition) is 0. The van der Waals surface area contributed by atoms with Crippen molar-refractivity contribution in [2.45, 2.75) is 40.7 Å². The molecule has 3 nitrogen and oxygen atoms in total. The third-order valence-electron chi connectivity index (χ3n) is 4.10. The Labute approximate surface area is 126 Å². The Balaban J connectivity index is 1.90. The molecule has 1 aromatic heterocycles. The lowest BCUT2D eigenvalue weighted by Crippen LogP contribution is -2.10. The number of carbonyl (C=O) groups excluding carboxylic acids is 1. The quantitative estimate of drug-likeness (QED) is 0.579. The van der Waals surface area contributed by atoms with Gasteiger partial charge in [0.05, 0.1) is 5.92 Å². The van der Waals surface area contributed by atoms with Crippen LogP contribution in [0.4, 0.5) is 0 Å². The van der Waals surface area contributed by atoms with Gasteiger partial charge < -0.3 is 9.15 Å². The van der Waals surface area contributed by atoms with Gasteiger partial charge in [0.15, 0.2) is 0 Å². The molecular formula is C18H24O3. The Kier molecular flexibility index (Phi) is 4.40. The van der Waals surface area contributed by atoms with Gasteiger partial charge in [-0.1, -0.05) is 31.6 Å². The van der Waals surface area contributed by atoms with E-state index in [4.69, 9.17) is 9.15 Å². The average Bonchev–Trinajstić information content (AvgIpc) is 2.75. The largest absolute Gasteiger partial charge is 0.462 e. The molecule has 114 valence electrons. The average molecular weight is 288 g/mol. The molecule has 1 aromatic rings. The Morgan fingerprint density at radius 3 is 2.67 bits per heavy atom. The molecule has 1 aliphatic rings. The fourth-order valence-electron chi connectivity index (χ4n) is 2.78. The Morgan fingerprint density at radius 2 is 2.05 bits per heavy atom. The molecule has 21 heavy (non-hydrogen) atoms. The Morgan fingerprint density at radius 1 is 1.38 bits per heavy atom. The van der Waals surface area contributed by atoms with Crippen LogP contribution in [0.25, 0.3) is 0 Å². The van der Waals surface area contributed by atoms with Gasteiger partial charge in [-0.05, 0) is 37.3 Å². The minimum Gasteiger partial charge on any atom is -0.462 e. The van der Waals surface area contributed by atoms with Crippen molar-refractivity contribution in [3.05, 3.63) is 48.0 Å². The molecule has 0 bridgehead atoms. The van der Waals surface area contributed by atoms with Crippen LogP contribution in [0.5, 0.6) is 0 Å². The number of furan rings is 1. The van der Waals surface area contributed by atoms with Crippen molar-refractivity contribution in [1.82, 2.24) is 0 Å². The molecule has 2 unspecified atom stereocenters. The zero-order valence-corrected chi connectivity index (χ0v) is 13.3. The predicted molar refractivity (Wildman–Crippen MR) is 82.6 cm³/mol. The van der Waals surface area contributed by atoms with Gasteiger partial charge in [0.2, 0.25) is 0 Å². The highest BCUT2D eigenvalue weighted by Crippen LogP contribution is 2.59. The zero-order chi connectivity index (χ0) is 15.6. The molecule has 0 aromatic carbocycles. The van der Waals surface area contributed by atoms with Gasteiger partial charge in [0.25, 0.3) is 0 Å². The van der Waals surface area contributed by atoms with E-state index >= 15 is 0 Å². The van der Waals surface area contributed by atoms with Crippen molar-refractivity contribution in [3.63, 3.8) is 0 Å². The van der Waals surface area contributed by atoms with Crippen molar-refractivity contribution in [2.24, 2.45) is 17.3 Å². The van der Waals surface area contributed by atoms with Gasteiger partial charge in [-0.25, -0.2) is 0 Å². The minimum atomic E-state index is -0.135. The highest BCUT2D eigenvalue weighted by atomic mass is 16.5. The van der Waals surface area contributed by atoms with Gasteiger partial charge in [0, 0.05) is 6.42 Å². The maximum atomic E-state index is 12.2.